The van der Waals surface area contributed by atoms with Gasteiger partial charge in [0, 0.05) is 24.2 Å². The van der Waals surface area contributed by atoms with Crippen LogP contribution in [0.3, 0.4) is 0 Å². The molecule has 0 bridgehead atoms. The molecule has 0 atom stereocenters. The molecule has 0 aromatic heterocycles. The maximum Gasteiger partial charge on any atom is 0.0477 e. The molecule has 1 rings (SSSR count). The highest BCUT2D eigenvalue weighted by Gasteiger charge is 1.93. The summed E-state index contributed by atoms with van der Waals surface area (Å²) < 4.78 is 6.39. The molecule has 0 saturated heterocycles. The van der Waals surface area contributed by atoms with Gasteiger partial charge in [-0.3, -0.25) is 0 Å². The van der Waals surface area contributed by atoms with Crippen molar-refractivity contribution in [2.45, 2.75) is 19.9 Å². The third-order valence-corrected chi connectivity index (χ3v) is 2.56. The van der Waals surface area contributed by atoms with Crippen LogP contribution in [0.5, 0.6) is 0 Å². The van der Waals surface area contributed by atoms with Crippen LogP contribution in [0.2, 0.25) is 0 Å². The Bertz CT molecular complexity index is 283. The highest BCUT2D eigenvalue weighted by molar-refractivity contribution is 9.10. The van der Waals surface area contributed by atoms with E-state index in [0.717, 1.165) is 37.2 Å². The van der Waals surface area contributed by atoms with E-state index >= 15 is 0 Å². The molecule has 0 unspecified atom stereocenters. The molecule has 0 heterocycles. The molecule has 92 valence electrons. The van der Waals surface area contributed by atoms with E-state index in [1.807, 2.05) is 13.0 Å². The summed E-state index contributed by atoms with van der Waals surface area (Å²) >= 11 is 3.46. The second-order valence-corrected chi connectivity index (χ2v) is 4.27. The maximum absolute atomic E-state index is 5.26. The lowest BCUT2D eigenvalue weighted by Crippen LogP contribution is -2.16. The molecule has 0 spiro atoms. The van der Waals surface area contributed by atoms with Crippen molar-refractivity contribution in [2.75, 3.05) is 19.8 Å². The average Bonchev–Trinajstić information content (AvgIpc) is 2.23. The van der Waals surface area contributed by atoms with Gasteiger partial charge in [-0.15, -0.1) is 12.4 Å². The Hall–Kier alpha value is -0.0900. The largest absolute Gasteiger partial charge is 0.382 e. The number of nitrogens with one attached hydrogen (secondary N) is 1. The SMILES string of the molecule is CCOCCCNCc1cccc(Br)c1.Cl. The van der Waals surface area contributed by atoms with Crippen molar-refractivity contribution < 1.29 is 4.74 Å². The Balaban J connectivity index is 0.00000225. The molecule has 16 heavy (non-hydrogen) atoms. The van der Waals surface area contributed by atoms with Gasteiger partial charge in [-0.25, -0.2) is 0 Å². The first-order valence-corrected chi connectivity index (χ1v) is 6.15. The summed E-state index contributed by atoms with van der Waals surface area (Å²) in [6, 6.07) is 8.36. The molecule has 1 N–H and O–H groups in total. The van der Waals surface area contributed by atoms with Crippen LogP contribution >= 0.6 is 28.3 Å². The van der Waals surface area contributed by atoms with Gasteiger partial charge in [-0.1, -0.05) is 28.1 Å². The van der Waals surface area contributed by atoms with Gasteiger partial charge in [0.2, 0.25) is 0 Å². The Morgan fingerprint density at radius 1 is 1.38 bits per heavy atom. The van der Waals surface area contributed by atoms with Gasteiger partial charge in [0.25, 0.3) is 0 Å². The molecule has 0 radical (unpaired) electrons. The zero-order chi connectivity index (χ0) is 10.9. The van der Waals surface area contributed by atoms with Gasteiger partial charge in [-0.2, -0.15) is 0 Å². The third-order valence-electron chi connectivity index (χ3n) is 2.06. The molecule has 0 fully saturated rings. The lowest BCUT2D eigenvalue weighted by Gasteiger charge is -2.05. The fourth-order valence-electron chi connectivity index (χ4n) is 1.32. The summed E-state index contributed by atoms with van der Waals surface area (Å²) in [5.74, 6) is 0. The Morgan fingerprint density at radius 2 is 2.19 bits per heavy atom. The number of rotatable bonds is 7. The average molecular weight is 309 g/mol. The van der Waals surface area contributed by atoms with Crippen molar-refractivity contribution in [3.05, 3.63) is 34.3 Å². The van der Waals surface area contributed by atoms with Crippen molar-refractivity contribution in [3.63, 3.8) is 0 Å². The highest BCUT2D eigenvalue weighted by Crippen LogP contribution is 2.11. The first-order chi connectivity index (χ1) is 7.33. The van der Waals surface area contributed by atoms with Crippen LogP contribution in [0.25, 0.3) is 0 Å². The monoisotopic (exact) mass is 307 g/mol. The van der Waals surface area contributed by atoms with Crippen molar-refractivity contribution in [1.29, 1.82) is 0 Å². The highest BCUT2D eigenvalue weighted by atomic mass is 79.9. The van der Waals surface area contributed by atoms with Crippen LogP contribution in [-0.2, 0) is 11.3 Å². The molecular weight excluding hydrogens is 289 g/mol. The van der Waals surface area contributed by atoms with Crippen LogP contribution in [0.15, 0.2) is 28.7 Å². The number of halogens is 2. The van der Waals surface area contributed by atoms with Crippen LogP contribution in [-0.4, -0.2) is 19.8 Å². The van der Waals surface area contributed by atoms with Crippen molar-refractivity contribution >= 4 is 28.3 Å². The first-order valence-electron chi connectivity index (χ1n) is 5.36. The van der Waals surface area contributed by atoms with Gasteiger partial charge >= 0.3 is 0 Å². The molecule has 0 aliphatic heterocycles. The van der Waals surface area contributed by atoms with Gasteiger partial charge in [0.15, 0.2) is 0 Å². The third kappa shape index (κ3) is 7.23. The second kappa shape index (κ2) is 10.1. The van der Waals surface area contributed by atoms with Gasteiger partial charge in [0.05, 0.1) is 0 Å². The summed E-state index contributed by atoms with van der Waals surface area (Å²) in [6.07, 6.45) is 1.07. The normalized spacial score (nSPS) is 9.88. The summed E-state index contributed by atoms with van der Waals surface area (Å²) in [5, 5.41) is 3.39. The molecule has 0 aliphatic rings. The Kier molecular flexibility index (Phi) is 10.0. The van der Waals surface area contributed by atoms with E-state index in [-0.39, 0.29) is 12.4 Å². The number of hydrogen-bond acceptors (Lipinski definition) is 2. The molecule has 1 aromatic rings. The summed E-state index contributed by atoms with van der Waals surface area (Å²) in [5.41, 5.74) is 1.31. The minimum atomic E-state index is 0. The van der Waals surface area contributed by atoms with E-state index < -0.39 is 0 Å². The molecule has 4 heteroatoms. The second-order valence-electron chi connectivity index (χ2n) is 3.36. The van der Waals surface area contributed by atoms with Gasteiger partial charge in [-0.05, 0) is 37.6 Å². The fraction of sp³-hybridized carbons (Fsp3) is 0.500. The van der Waals surface area contributed by atoms with Crippen LogP contribution in [0, 0.1) is 0 Å². The van der Waals surface area contributed by atoms with E-state index in [1.165, 1.54) is 5.56 Å². The Morgan fingerprint density at radius 3 is 2.88 bits per heavy atom. The predicted octanol–water partition coefficient (Wildman–Crippen LogP) is 3.39. The van der Waals surface area contributed by atoms with Gasteiger partial charge in [0.1, 0.15) is 0 Å². The molecular formula is C12H19BrClNO. The maximum atomic E-state index is 5.26. The summed E-state index contributed by atoms with van der Waals surface area (Å²) in [4.78, 5) is 0. The van der Waals surface area contributed by atoms with E-state index in [1.54, 1.807) is 0 Å². The minimum Gasteiger partial charge on any atom is -0.382 e. The number of ether oxygens (including phenoxy) is 1. The lowest BCUT2D eigenvalue weighted by atomic mass is 10.2. The van der Waals surface area contributed by atoms with Gasteiger partial charge < -0.3 is 10.1 Å². The van der Waals surface area contributed by atoms with Crippen LogP contribution < -0.4 is 5.32 Å². The zero-order valence-electron chi connectivity index (χ0n) is 9.54. The van der Waals surface area contributed by atoms with Crippen molar-refractivity contribution in [3.8, 4) is 0 Å². The Labute approximate surface area is 112 Å². The smallest absolute Gasteiger partial charge is 0.0477 e. The number of hydrogen-bond donors (Lipinski definition) is 1. The van der Waals surface area contributed by atoms with E-state index in [0.29, 0.717) is 0 Å². The van der Waals surface area contributed by atoms with Crippen molar-refractivity contribution in [2.24, 2.45) is 0 Å². The lowest BCUT2D eigenvalue weighted by molar-refractivity contribution is 0.144. The molecule has 0 amide bonds. The summed E-state index contributed by atoms with van der Waals surface area (Å²) in [7, 11) is 0. The fourth-order valence-corrected chi connectivity index (χ4v) is 1.77. The van der Waals surface area contributed by atoms with E-state index in [2.05, 4.69) is 39.4 Å². The number of benzene rings is 1. The minimum absolute atomic E-state index is 0. The quantitative estimate of drug-likeness (QED) is 0.780. The standard InChI is InChI=1S/C12H18BrNO.ClH/c1-2-15-8-4-7-14-10-11-5-3-6-12(13)9-11;/h3,5-6,9,14H,2,4,7-8,10H2,1H3;1H. The zero-order valence-corrected chi connectivity index (χ0v) is 11.9. The van der Waals surface area contributed by atoms with Crippen LogP contribution in [0.4, 0.5) is 0 Å². The molecule has 0 saturated carbocycles. The van der Waals surface area contributed by atoms with E-state index in [4.69, 9.17) is 4.74 Å². The topological polar surface area (TPSA) is 21.3 Å². The van der Waals surface area contributed by atoms with Crippen molar-refractivity contribution in [1.82, 2.24) is 5.32 Å². The predicted molar refractivity (Wildman–Crippen MR) is 74.2 cm³/mol. The molecule has 2 nitrogen and oxygen atoms in total. The van der Waals surface area contributed by atoms with Crippen LogP contribution in [0.1, 0.15) is 18.9 Å². The molecule has 1 aromatic carbocycles. The van der Waals surface area contributed by atoms with E-state index in [9.17, 15) is 0 Å². The summed E-state index contributed by atoms with van der Waals surface area (Å²) in [6.45, 7) is 5.61. The first kappa shape index (κ1) is 15.9. The molecule has 0 aliphatic carbocycles.